The van der Waals surface area contributed by atoms with E-state index in [4.69, 9.17) is 11.6 Å². The number of likely N-dealkylation sites (N-methyl/N-ethyl adjacent to an activating group) is 1. The highest BCUT2D eigenvalue weighted by Gasteiger charge is 2.30. The number of piperazine rings is 1. The fraction of sp³-hybridized carbons (Fsp3) is 0.381. The van der Waals surface area contributed by atoms with Crippen LogP contribution in [0.1, 0.15) is 35.7 Å². The molecule has 0 bridgehead atoms. The van der Waals surface area contributed by atoms with E-state index in [1.54, 1.807) is 6.07 Å². The summed E-state index contributed by atoms with van der Waals surface area (Å²) in [4.78, 5) is 14.9. The number of hydrogen-bond acceptors (Lipinski definition) is 4. The molecule has 0 spiro atoms. The predicted octanol–water partition coefficient (Wildman–Crippen LogP) is 3.65. The molecule has 0 aromatic heterocycles. The van der Waals surface area contributed by atoms with Crippen molar-refractivity contribution in [3.05, 3.63) is 58.6 Å². The van der Waals surface area contributed by atoms with Crippen molar-refractivity contribution in [2.24, 2.45) is 0 Å². The molecule has 0 saturated carbocycles. The third-order valence-electron chi connectivity index (χ3n) is 5.10. The summed E-state index contributed by atoms with van der Waals surface area (Å²) in [5, 5.41) is 3.01. The van der Waals surface area contributed by atoms with Gasteiger partial charge in [0.2, 0.25) is 10.0 Å². The Morgan fingerprint density at radius 1 is 1.07 bits per heavy atom. The number of nitrogens with zero attached hydrogens (tertiary/aromatic N) is 2. The number of anilines is 1. The molecule has 29 heavy (non-hydrogen) atoms. The summed E-state index contributed by atoms with van der Waals surface area (Å²) in [6.07, 6.45) is 0. The van der Waals surface area contributed by atoms with E-state index in [0.717, 1.165) is 5.56 Å². The van der Waals surface area contributed by atoms with Crippen LogP contribution < -0.4 is 5.32 Å². The van der Waals surface area contributed by atoms with Crippen LogP contribution >= 0.6 is 11.6 Å². The topological polar surface area (TPSA) is 69.7 Å². The molecule has 1 aliphatic heterocycles. The third kappa shape index (κ3) is 4.80. The van der Waals surface area contributed by atoms with Gasteiger partial charge in [-0.25, -0.2) is 8.42 Å². The summed E-state index contributed by atoms with van der Waals surface area (Å²) in [5.74, 6) is -0.130. The van der Waals surface area contributed by atoms with E-state index in [2.05, 4.69) is 10.2 Å². The summed E-state index contributed by atoms with van der Waals surface area (Å²) in [6.45, 7) is 6.20. The molecule has 1 N–H and O–H groups in total. The minimum absolute atomic E-state index is 0.0338. The number of rotatable bonds is 5. The highest BCUT2D eigenvalue weighted by molar-refractivity contribution is 7.89. The Morgan fingerprint density at radius 2 is 1.72 bits per heavy atom. The van der Waals surface area contributed by atoms with Crippen LogP contribution in [0.5, 0.6) is 0 Å². The number of halogens is 1. The van der Waals surface area contributed by atoms with Crippen molar-refractivity contribution in [2.45, 2.75) is 24.7 Å². The van der Waals surface area contributed by atoms with Gasteiger partial charge in [0.25, 0.3) is 5.91 Å². The summed E-state index contributed by atoms with van der Waals surface area (Å²) in [6, 6.07) is 12.0. The van der Waals surface area contributed by atoms with Crippen molar-refractivity contribution in [3.8, 4) is 0 Å². The van der Waals surface area contributed by atoms with Crippen molar-refractivity contribution < 1.29 is 13.2 Å². The molecule has 1 heterocycles. The van der Waals surface area contributed by atoms with Crippen LogP contribution in [0.15, 0.2) is 47.4 Å². The Hall–Kier alpha value is -1.93. The first-order valence-corrected chi connectivity index (χ1v) is 11.4. The minimum atomic E-state index is -3.77. The average molecular weight is 436 g/mol. The van der Waals surface area contributed by atoms with E-state index in [-0.39, 0.29) is 27.3 Å². The molecule has 1 saturated heterocycles. The lowest BCUT2D eigenvalue weighted by molar-refractivity contribution is 0.102. The van der Waals surface area contributed by atoms with Gasteiger partial charge in [-0.15, -0.1) is 0 Å². The van der Waals surface area contributed by atoms with Crippen LogP contribution in [0, 0.1) is 0 Å². The lowest BCUT2D eigenvalue weighted by Gasteiger charge is -2.31. The molecule has 3 rings (SSSR count). The Kier molecular flexibility index (Phi) is 6.63. The standard InChI is InChI=1S/C21H26ClN3O3S/c1-15(2)17-6-4-5-7-19(17)23-21(26)16-8-9-18(22)20(14-16)29(27,28)25-12-10-24(3)11-13-25/h4-9,14-15H,10-13H2,1-3H3,(H,23,26). The largest absolute Gasteiger partial charge is 0.322 e. The Balaban J connectivity index is 1.88. The number of carbonyl (C=O) groups is 1. The maximum atomic E-state index is 13.1. The molecule has 1 aliphatic rings. The van der Waals surface area contributed by atoms with Crippen molar-refractivity contribution in [3.63, 3.8) is 0 Å². The van der Waals surface area contributed by atoms with Crippen LogP contribution in [0.3, 0.4) is 0 Å². The molecular formula is C21H26ClN3O3S. The molecule has 0 unspecified atom stereocenters. The lowest BCUT2D eigenvalue weighted by Crippen LogP contribution is -2.47. The summed E-state index contributed by atoms with van der Waals surface area (Å²) < 4.78 is 27.6. The molecule has 2 aromatic carbocycles. The van der Waals surface area contributed by atoms with Gasteiger partial charge in [0.15, 0.2) is 0 Å². The SMILES string of the molecule is CC(C)c1ccccc1NC(=O)c1ccc(Cl)c(S(=O)(=O)N2CCN(C)CC2)c1. The Labute approximate surface area is 177 Å². The van der Waals surface area contributed by atoms with Crippen molar-refractivity contribution in [1.29, 1.82) is 0 Å². The zero-order chi connectivity index (χ0) is 21.2. The fourth-order valence-corrected chi connectivity index (χ4v) is 5.24. The van der Waals surface area contributed by atoms with Crippen LogP contribution in [0.25, 0.3) is 0 Å². The fourth-order valence-electron chi connectivity index (χ4n) is 3.32. The number of benzene rings is 2. The van der Waals surface area contributed by atoms with Gasteiger partial charge in [0, 0.05) is 37.4 Å². The molecule has 0 radical (unpaired) electrons. The molecule has 8 heteroatoms. The minimum Gasteiger partial charge on any atom is -0.322 e. The molecule has 6 nitrogen and oxygen atoms in total. The predicted molar refractivity (Wildman–Crippen MR) is 116 cm³/mol. The number of amides is 1. The second-order valence-electron chi connectivity index (χ2n) is 7.55. The second kappa shape index (κ2) is 8.83. The van der Waals surface area contributed by atoms with Crippen LogP contribution in [0.4, 0.5) is 5.69 Å². The van der Waals surface area contributed by atoms with Gasteiger partial charge in [-0.2, -0.15) is 4.31 Å². The number of hydrogen-bond donors (Lipinski definition) is 1. The maximum absolute atomic E-state index is 13.1. The van der Waals surface area contributed by atoms with Crippen LogP contribution in [-0.4, -0.2) is 56.8 Å². The Morgan fingerprint density at radius 3 is 2.38 bits per heavy atom. The van der Waals surface area contributed by atoms with E-state index in [0.29, 0.717) is 31.9 Å². The number of sulfonamides is 1. The average Bonchev–Trinajstić information content (AvgIpc) is 2.68. The molecule has 2 aromatic rings. The van der Waals surface area contributed by atoms with E-state index in [1.807, 2.05) is 45.2 Å². The van der Waals surface area contributed by atoms with Crippen molar-refractivity contribution in [2.75, 3.05) is 38.5 Å². The zero-order valence-corrected chi connectivity index (χ0v) is 18.4. The van der Waals surface area contributed by atoms with Crippen molar-refractivity contribution >= 4 is 33.2 Å². The molecule has 0 atom stereocenters. The molecule has 1 fully saturated rings. The molecule has 1 amide bonds. The van der Waals surface area contributed by atoms with Gasteiger partial charge in [0.05, 0.1) is 5.02 Å². The zero-order valence-electron chi connectivity index (χ0n) is 16.9. The first-order chi connectivity index (χ1) is 13.7. The van der Waals surface area contributed by atoms with E-state index in [9.17, 15) is 13.2 Å². The summed E-state index contributed by atoms with van der Waals surface area (Å²) in [7, 11) is -1.82. The second-order valence-corrected chi connectivity index (χ2v) is 9.86. The lowest BCUT2D eigenvalue weighted by atomic mass is 10.0. The van der Waals surface area contributed by atoms with Crippen LogP contribution in [0.2, 0.25) is 5.02 Å². The number of nitrogens with one attached hydrogen (secondary N) is 1. The smallest absolute Gasteiger partial charge is 0.255 e. The molecule has 156 valence electrons. The Bertz CT molecular complexity index is 1000. The first-order valence-electron chi connectivity index (χ1n) is 9.58. The monoisotopic (exact) mass is 435 g/mol. The van der Waals surface area contributed by atoms with E-state index in [1.165, 1.54) is 16.4 Å². The van der Waals surface area contributed by atoms with Crippen LogP contribution in [-0.2, 0) is 10.0 Å². The van der Waals surface area contributed by atoms with Gasteiger partial charge >= 0.3 is 0 Å². The normalized spacial score (nSPS) is 16.2. The molecular weight excluding hydrogens is 410 g/mol. The van der Waals surface area contributed by atoms with Crippen molar-refractivity contribution in [1.82, 2.24) is 9.21 Å². The first kappa shape index (κ1) is 21.8. The van der Waals surface area contributed by atoms with Gasteiger partial charge in [-0.1, -0.05) is 43.6 Å². The van der Waals surface area contributed by atoms with E-state index < -0.39 is 10.0 Å². The van der Waals surface area contributed by atoms with E-state index >= 15 is 0 Å². The summed E-state index contributed by atoms with van der Waals surface area (Å²) in [5.41, 5.74) is 1.98. The molecule has 0 aliphatic carbocycles. The van der Waals surface area contributed by atoms with Gasteiger partial charge in [0.1, 0.15) is 4.90 Å². The maximum Gasteiger partial charge on any atom is 0.255 e. The van der Waals surface area contributed by atoms with Gasteiger partial charge in [-0.3, -0.25) is 4.79 Å². The number of para-hydroxylation sites is 1. The number of carbonyl (C=O) groups excluding carboxylic acids is 1. The third-order valence-corrected chi connectivity index (χ3v) is 7.48. The van der Waals surface area contributed by atoms with Gasteiger partial charge in [-0.05, 0) is 42.8 Å². The quantitative estimate of drug-likeness (QED) is 0.778. The summed E-state index contributed by atoms with van der Waals surface area (Å²) >= 11 is 6.21. The van der Waals surface area contributed by atoms with Gasteiger partial charge < -0.3 is 10.2 Å². The highest BCUT2D eigenvalue weighted by atomic mass is 35.5. The highest BCUT2D eigenvalue weighted by Crippen LogP contribution is 2.28.